The molecular weight excluding hydrogens is 279 g/mol. The van der Waals surface area contributed by atoms with Crippen LogP contribution in [0.5, 0.6) is 0 Å². The molecule has 2 aromatic carbocycles. The predicted octanol–water partition coefficient (Wildman–Crippen LogP) is 3.41. The van der Waals surface area contributed by atoms with Gasteiger partial charge in [0.25, 0.3) is 0 Å². The smallest absolute Gasteiger partial charge is 0.234 e. The molecule has 3 nitrogen and oxygen atoms in total. The van der Waals surface area contributed by atoms with Crippen molar-refractivity contribution < 1.29 is 9.18 Å². The summed E-state index contributed by atoms with van der Waals surface area (Å²) in [6.45, 7) is 5.56. The maximum Gasteiger partial charge on any atom is 0.234 e. The molecule has 3 rings (SSSR count). The van der Waals surface area contributed by atoms with E-state index in [1.54, 1.807) is 13.8 Å². The molecular formula is C18H19FN2O. The molecule has 1 aliphatic rings. The molecule has 0 aliphatic carbocycles. The first-order valence-electron chi connectivity index (χ1n) is 7.29. The Balaban J connectivity index is 2.12. The van der Waals surface area contributed by atoms with Crippen LogP contribution in [-0.4, -0.2) is 5.91 Å². The summed E-state index contributed by atoms with van der Waals surface area (Å²) in [7, 11) is 0. The van der Waals surface area contributed by atoms with Crippen molar-refractivity contribution in [2.45, 2.75) is 32.2 Å². The second-order valence-corrected chi connectivity index (χ2v) is 6.34. The minimum Gasteiger partial charge on any atom is -0.323 e. The van der Waals surface area contributed by atoms with E-state index in [9.17, 15) is 9.18 Å². The third-order valence-electron chi connectivity index (χ3n) is 4.47. The Labute approximate surface area is 129 Å². The number of carbonyl (C=O) groups excluding carboxylic acids is 1. The van der Waals surface area contributed by atoms with Crippen LogP contribution in [0.4, 0.5) is 10.1 Å². The Hall–Kier alpha value is -2.20. The average molecular weight is 298 g/mol. The number of hydrogen-bond donors (Lipinski definition) is 2. The lowest BCUT2D eigenvalue weighted by Crippen LogP contribution is -2.27. The van der Waals surface area contributed by atoms with Gasteiger partial charge in [-0.25, -0.2) is 4.39 Å². The summed E-state index contributed by atoms with van der Waals surface area (Å²) in [6.07, 6.45) is 0. The zero-order valence-corrected chi connectivity index (χ0v) is 12.9. The van der Waals surface area contributed by atoms with E-state index in [0.29, 0.717) is 11.1 Å². The molecule has 0 fully saturated rings. The number of aryl methyl sites for hydroxylation is 1. The number of benzene rings is 2. The molecule has 1 unspecified atom stereocenters. The molecule has 0 spiro atoms. The zero-order valence-electron chi connectivity index (χ0n) is 12.9. The van der Waals surface area contributed by atoms with Crippen LogP contribution in [0.25, 0.3) is 0 Å². The maximum atomic E-state index is 14.4. The van der Waals surface area contributed by atoms with Crippen LogP contribution >= 0.6 is 0 Å². The summed E-state index contributed by atoms with van der Waals surface area (Å²) in [5, 5.41) is 2.62. The van der Waals surface area contributed by atoms with E-state index in [1.165, 1.54) is 6.07 Å². The number of nitrogens with two attached hydrogens (primary N) is 1. The van der Waals surface area contributed by atoms with Crippen LogP contribution in [0.3, 0.4) is 0 Å². The van der Waals surface area contributed by atoms with Gasteiger partial charge in [0.1, 0.15) is 5.82 Å². The fourth-order valence-corrected chi connectivity index (χ4v) is 2.93. The number of amides is 1. The predicted molar refractivity (Wildman–Crippen MR) is 85.3 cm³/mol. The van der Waals surface area contributed by atoms with Crippen molar-refractivity contribution in [1.29, 1.82) is 0 Å². The fraction of sp³-hybridized carbons (Fsp3) is 0.278. The van der Waals surface area contributed by atoms with Gasteiger partial charge in [0, 0.05) is 0 Å². The van der Waals surface area contributed by atoms with Crippen LogP contribution in [0, 0.1) is 12.7 Å². The fourth-order valence-electron chi connectivity index (χ4n) is 2.93. The molecule has 22 heavy (non-hydrogen) atoms. The van der Waals surface area contributed by atoms with Gasteiger partial charge in [-0.2, -0.15) is 0 Å². The molecule has 1 heterocycles. The van der Waals surface area contributed by atoms with E-state index in [0.717, 1.165) is 11.1 Å². The van der Waals surface area contributed by atoms with Crippen molar-refractivity contribution in [3.05, 3.63) is 64.5 Å². The van der Waals surface area contributed by atoms with E-state index in [2.05, 4.69) is 5.32 Å². The SMILES string of the molecule is Cc1ccccc1C(N)c1cc(F)c2c(c1)C(C)(C)C(=O)N2. The molecule has 1 atom stereocenters. The highest BCUT2D eigenvalue weighted by molar-refractivity contribution is 6.05. The minimum atomic E-state index is -0.752. The topological polar surface area (TPSA) is 55.1 Å². The number of nitrogens with one attached hydrogen (secondary N) is 1. The molecule has 0 saturated carbocycles. The normalized spacial score (nSPS) is 17.0. The molecule has 2 aromatic rings. The van der Waals surface area contributed by atoms with Gasteiger partial charge in [-0.1, -0.05) is 30.3 Å². The van der Waals surface area contributed by atoms with Crippen molar-refractivity contribution in [3.8, 4) is 0 Å². The number of hydrogen-bond acceptors (Lipinski definition) is 2. The Kier molecular flexibility index (Phi) is 3.29. The van der Waals surface area contributed by atoms with E-state index in [-0.39, 0.29) is 11.6 Å². The third-order valence-corrected chi connectivity index (χ3v) is 4.47. The van der Waals surface area contributed by atoms with Gasteiger partial charge >= 0.3 is 0 Å². The van der Waals surface area contributed by atoms with Gasteiger partial charge in [0.15, 0.2) is 0 Å². The Morgan fingerprint density at radius 1 is 1.23 bits per heavy atom. The van der Waals surface area contributed by atoms with Crippen molar-refractivity contribution in [3.63, 3.8) is 0 Å². The summed E-state index contributed by atoms with van der Waals surface area (Å²) in [6, 6.07) is 10.6. The van der Waals surface area contributed by atoms with Crippen molar-refractivity contribution in [2.75, 3.05) is 5.32 Å². The monoisotopic (exact) mass is 298 g/mol. The highest BCUT2D eigenvalue weighted by Gasteiger charge is 2.40. The van der Waals surface area contributed by atoms with Gasteiger partial charge in [-0.05, 0) is 49.1 Å². The van der Waals surface area contributed by atoms with Gasteiger partial charge < -0.3 is 11.1 Å². The number of anilines is 1. The van der Waals surface area contributed by atoms with E-state index >= 15 is 0 Å². The summed E-state index contributed by atoms with van der Waals surface area (Å²) < 4.78 is 14.4. The number of fused-ring (bicyclic) bond motifs is 1. The molecule has 1 amide bonds. The van der Waals surface area contributed by atoms with Crippen molar-refractivity contribution in [2.24, 2.45) is 5.73 Å². The first-order valence-corrected chi connectivity index (χ1v) is 7.29. The van der Waals surface area contributed by atoms with Crippen LogP contribution in [0.15, 0.2) is 36.4 Å². The second-order valence-electron chi connectivity index (χ2n) is 6.34. The summed E-state index contributed by atoms with van der Waals surface area (Å²) in [4.78, 5) is 12.0. The molecule has 0 radical (unpaired) electrons. The zero-order chi connectivity index (χ0) is 16.1. The lowest BCUT2D eigenvalue weighted by Gasteiger charge is -2.19. The summed E-state index contributed by atoms with van der Waals surface area (Å²) in [5.41, 5.74) is 9.21. The largest absolute Gasteiger partial charge is 0.323 e. The molecule has 0 saturated heterocycles. The lowest BCUT2D eigenvalue weighted by atomic mass is 9.84. The minimum absolute atomic E-state index is 0.192. The Bertz CT molecular complexity index is 768. The highest BCUT2D eigenvalue weighted by Crippen LogP contribution is 2.40. The van der Waals surface area contributed by atoms with Gasteiger partial charge in [-0.15, -0.1) is 0 Å². The van der Waals surface area contributed by atoms with E-state index in [4.69, 9.17) is 5.73 Å². The van der Waals surface area contributed by atoms with Crippen LogP contribution in [-0.2, 0) is 10.2 Å². The van der Waals surface area contributed by atoms with Crippen LogP contribution in [0.1, 0.15) is 42.1 Å². The number of halogens is 1. The molecule has 0 bridgehead atoms. The number of carbonyl (C=O) groups is 1. The molecule has 1 aliphatic heterocycles. The quantitative estimate of drug-likeness (QED) is 0.892. The molecule has 0 aromatic heterocycles. The summed E-state index contributed by atoms with van der Waals surface area (Å²) >= 11 is 0. The van der Waals surface area contributed by atoms with Gasteiger partial charge in [0.05, 0.1) is 17.1 Å². The third kappa shape index (κ3) is 2.11. The first kappa shape index (κ1) is 14.7. The summed E-state index contributed by atoms with van der Waals surface area (Å²) in [5.74, 6) is -0.626. The van der Waals surface area contributed by atoms with Crippen LogP contribution in [0.2, 0.25) is 0 Å². The van der Waals surface area contributed by atoms with Crippen molar-refractivity contribution >= 4 is 11.6 Å². The first-order chi connectivity index (χ1) is 10.3. The van der Waals surface area contributed by atoms with Crippen LogP contribution < -0.4 is 11.1 Å². The van der Waals surface area contributed by atoms with E-state index in [1.807, 2.05) is 37.3 Å². The van der Waals surface area contributed by atoms with Gasteiger partial charge in [-0.3, -0.25) is 4.79 Å². The maximum absolute atomic E-state index is 14.4. The van der Waals surface area contributed by atoms with Crippen molar-refractivity contribution in [1.82, 2.24) is 0 Å². The average Bonchev–Trinajstić information content (AvgIpc) is 2.70. The Morgan fingerprint density at radius 3 is 2.59 bits per heavy atom. The van der Waals surface area contributed by atoms with E-state index < -0.39 is 17.3 Å². The second kappa shape index (κ2) is 4.92. The molecule has 4 heteroatoms. The molecule has 3 N–H and O–H groups in total. The lowest BCUT2D eigenvalue weighted by molar-refractivity contribution is -0.119. The van der Waals surface area contributed by atoms with Gasteiger partial charge in [0.2, 0.25) is 5.91 Å². The Morgan fingerprint density at radius 2 is 1.91 bits per heavy atom. The number of rotatable bonds is 2. The standard InChI is InChI=1S/C18H19FN2O/c1-10-6-4-5-7-12(10)15(20)11-8-13-16(14(19)9-11)21-17(22)18(13,2)3/h4-9,15H,20H2,1-3H3,(H,21,22). The highest BCUT2D eigenvalue weighted by atomic mass is 19.1. The molecule has 114 valence electrons.